The summed E-state index contributed by atoms with van der Waals surface area (Å²) < 4.78 is 10.3. The summed E-state index contributed by atoms with van der Waals surface area (Å²) in [5.74, 6) is 0.534. The smallest absolute Gasteiger partial charge is 0.306 e. The van der Waals surface area contributed by atoms with Gasteiger partial charge in [-0.2, -0.15) is 0 Å². The molecule has 0 radical (unpaired) electrons. The number of pyridine rings is 1. The van der Waals surface area contributed by atoms with Crippen LogP contribution in [0.15, 0.2) is 12.3 Å². The van der Waals surface area contributed by atoms with E-state index >= 15 is 0 Å². The van der Waals surface area contributed by atoms with Crippen molar-refractivity contribution in [2.24, 2.45) is 0 Å². The Hall–Kier alpha value is -1.29. The molecule has 0 fully saturated rings. The maximum atomic E-state index is 11.4. The van der Waals surface area contributed by atoms with Crippen molar-refractivity contribution in [3.63, 3.8) is 0 Å². The van der Waals surface area contributed by atoms with Gasteiger partial charge in [0.15, 0.2) is 0 Å². The third-order valence-electron chi connectivity index (χ3n) is 2.46. The molecule has 0 aromatic carbocycles. The second-order valence-electron chi connectivity index (χ2n) is 3.56. The van der Waals surface area contributed by atoms with E-state index in [4.69, 9.17) is 21.1 Å². The molecular weight excluding hydrogens is 230 g/mol. The van der Waals surface area contributed by atoms with Crippen LogP contribution in [0.1, 0.15) is 24.8 Å². The highest BCUT2D eigenvalue weighted by atomic mass is 35.5. The van der Waals surface area contributed by atoms with Crippen LogP contribution < -0.4 is 4.74 Å². The fourth-order valence-corrected chi connectivity index (χ4v) is 1.87. The molecule has 5 heteroatoms. The normalized spacial score (nSPS) is 17.8. The molecule has 0 spiro atoms. The molecule has 1 aliphatic heterocycles. The number of carbonyl (C=O) groups is 1. The standard InChI is InChI=1S/C11H12ClNO3/c1-2-15-11(14)3-7-6-16-9-4-10(12)13-5-8(7)9/h4-5,7H,2-3,6H2,1H3/t7-/m0/s1. The number of nitrogens with zero attached hydrogens (tertiary/aromatic N) is 1. The van der Waals surface area contributed by atoms with Crippen molar-refractivity contribution in [2.75, 3.05) is 13.2 Å². The molecule has 0 N–H and O–H groups in total. The van der Waals surface area contributed by atoms with Gasteiger partial charge in [0.1, 0.15) is 10.9 Å². The first-order valence-corrected chi connectivity index (χ1v) is 5.52. The number of rotatable bonds is 3. The maximum Gasteiger partial charge on any atom is 0.306 e. The van der Waals surface area contributed by atoms with Crippen molar-refractivity contribution in [3.05, 3.63) is 23.0 Å². The zero-order valence-electron chi connectivity index (χ0n) is 8.90. The van der Waals surface area contributed by atoms with Crippen LogP contribution in [0.4, 0.5) is 0 Å². The third-order valence-corrected chi connectivity index (χ3v) is 2.67. The topological polar surface area (TPSA) is 48.4 Å². The van der Waals surface area contributed by atoms with Crippen molar-refractivity contribution in [1.82, 2.24) is 4.98 Å². The molecule has 1 atom stereocenters. The summed E-state index contributed by atoms with van der Waals surface area (Å²) in [5.41, 5.74) is 0.928. The van der Waals surface area contributed by atoms with E-state index in [1.165, 1.54) is 0 Å². The number of ether oxygens (including phenoxy) is 2. The average Bonchev–Trinajstić information content (AvgIpc) is 2.61. The van der Waals surface area contributed by atoms with Crippen LogP contribution in [-0.4, -0.2) is 24.2 Å². The van der Waals surface area contributed by atoms with E-state index in [-0.39, 0.29) is 11.9 Å². The number of hydrogen-bond donors (Lipinski definition) is 0. The molecule has 0 aliphatic carbocycles. The molecule has 1 aliphatic rings. The molecule has 0 saturated carbocycles. The summed E-state index contributed by atoms with van der Waals surface area (Å²) in [6, 6.07) is 1.67. The Labute approximate surface area is 98.5 Å². The Morgan fingerprint density at radius 2 is 2.56 bits per heavy atom. The van der Waals surface area contributed by atoms with E-state index in [9.17, 15) is 4.79 Å². The van der Waals surface area contributed by atoms with Gasteiger partial charge < -0.3 is 9.47 Å². The summed E-state index contributed by atoms with van der Waals surface area (Å²) in [5, 5.41) is 0.399. The maximum absolute atomic E-state index is 11.4. The molecule has 4 nitrogen and oxygen atoms in total. The lowest BCUT2D eigenvalue weighted by molar-refractivity contribution is -0.143. The van der Waals surface area contributed by atoms with Crippen molar-refractivity contribution < 1.29 is 14.3 Å². The van der Waals surface area contributed by atoms with E-state index in [1.807, 2.05) is 0 Å². The zero-order valence-corrected chi connectivity index (χ0v) is 9.66. The van der Waals surface area contributed by atoms with E-state index in [0.717, 1.165) is 5.56 Å². The van der Waals surface area contributed by atoms with Gasteiger partial charge in [0.05, 0.1) is 19.6 Å². The van der Waals surface area contributed by atoms with Crippen LogP contribution in [0.25, 0.3) is 0 Å². The fraction of sp³-hybridized carbons (Fsp3) is 0.455. The molecular formula is C11H12ClNO3. The van der Waals surface area contributed by atoms with Crippen molar-refractivity contribution in [1.29, 1.82) is 0 Å². The van der Waals surface area contributed by atoms with Gasteiger partial charge in [0.25, 0.3) is 0 Å². The lowest BCUT2D eigenvalue weighted by Gasteiger charge is -2.07. The fourth-order valence-electron chi connectivity index (χ4n) is 1.73. The molecule has 0 saturated heterocycles. The van der Waals surface area contributed by atoms with Gasteiger partial charge >= 0.3 is 5.97 Å². The minimum atomic E-state index is -0.209. The van der Waals surface area contributed by atoms with E-state index in [2.05, 4.69) is 4.98 Å². The lowest BCUT2D eigenvalue weighted by atomic mass is 10.00. The minimum absolute atomic E-state index is 0.0267. The Kier molecular flexibility index (Phi) is 3.29. The Morgan fingerprint density at radius 1 is 1.75 bits per heavy atom. The van der Waals surface area contributed by atoms with Crippen LogP contribution in [0.5, 0.6) is 5.75 Å². The molecule has 2 heterocycles. The number of fused-ring (bicyclic) bond motifs is 1. The molecule has 1 aromatic rings. The van der Waals surface area contributed by atoms with Gasteiger partial charge in [-0.3, -0.25) is 4.79 Å². The van der Waals surface area contributed by atoms with Crippen LogP contribution in [0, 0.1) is 0 Å². The number of esters is 1. The molecule has 0 bridgehead atoms. The lowest BCUT2D eigenvalue weighted by Crippen LogP contribution is -2.11. The molecule has 0 amide bonds. The van der Waals surface area contributed by atoms with Crippen LogP contribution >= 0.6 is 11.6 Å². The van der Waals surface area contributed by atoms with Crippen LogP contribution in [0.3, 0.4) is 0 Å². The minimum Gasteiger partial charge on any atom is -0.492 e. The van der Waals surface area contributed by atoms with Gasteiger partial charge in [0, 0.05) is 23.7 Å². The summed E-state index contributed by atoms with van der Waals surface area (Å²) in [6.45, 7) is 2.67. The summed E-state index contributed by atoms with van der Waals surface area (Å²) in [7, 11) is 0. The van der Waals surface area contributed by atoms with Gasteiger partial charge in [0.2, 0.25) is 0 Å². The summed E-state index contributed by atoms with van der Waals surface area (Å²) in [6.07, 6.45) is 1.98. The van der Waals surface area contributed by atoms with E-state index in [0.29, 0.717) is 30.5 Å². The Morgan fingerprint density at radius 3 is 3.31 bits per heavy atom. The quantitative estimate of drug-likeness (QED) is 0.601. The number of aromatic nitrogens is 1. The average molecular weight is 242 g/mol. The van der Waals surface area contributed by atoms with E-state index in [1.54, 1.807) is 19.2 Å². The number of hydrogen-bond acceptors (Lipinski definition) is 4. The molecule has 0 unspecified atom stereocenters. The first-order chi connectivity index (χ1) is 7.70. The SMILES string of the molecule is CCOC(=O)C[C@H]1COc2cc(Cl)ncc21. The van der Waals surface area contributed by atoms with E-state index < -0.39 is 0 Å². The van der Waals surface area contributed by atoms with Gasteiger partial charge in [-0.05, 0) is 6.92 Å². The predicted octanol–water partition coefficient (Wildman–Crippen LogP) is 2.16. The third kappa shape index (κ3) is 2.27. The Balaban J connectivity index is 2.09. The van der Waals surface area contributed by atoms with Gasteiger partial charge in [-0.25, -0.2) is 4.98 Å². The molecule has 1 aromatic heterocycles. The molecule has 2 rings (SSSR count). The van der Waals surface area contributed by atoms with Crippen molar-refractivity contribution >= 4 is 17.6 Å². The molecule has 86 valence electrons. The van der Waals surface area contributed by atoms with Crippen LogP contribution in [0.2, 0.25) is 5.15 Å². The first-order valence-electron chi connectivity index (χ1n) is 5.14. The Bertz CT molecular complexity index is 408. The highest BCUT2D eigenvalue weighted by Crippen LogP contribution is 2.36. The van der Waals surface area contributed by atoms with Gasteiger partial charge in [-0.1, -0.05) is 11.6 Å². The highest BCUT2D eigenvalue weighted by Gasteiger charge is 2.27. The first kappa shape index (κ1) is 11.2. The van der Waals surface area contributed by atoms with Crippen molar-refractivity contribution in [3.8, 4) is 5.75 Å². The van der Waals surface area contributed by atoms with Crippen LogP contribution in [-0.2, 0) is 9.53 Å². The molecule has 16 heavy (non-hydrogen) atoms. The summed E-state index contributed by atoms with van der Waals surface area (Å²) >= 11 is 5.74. The predicted molar refractivity (Wildman–Crippen MR) is 58.7 cm³/mol. The second-order valence-corrected chi connectivity index (χ2v) is 3.95. The number of carbonyl (C=O) groups excluding carboxylic acids is 1. The number of halogens is 1. The monoisotopic (exact) mass is 241 g/mol. The zero-order chi connectivity index (χ0) is 11.5. The highest BCUT2D eigenvalue weighted by molar-refractivity contribution is 6.29. The second kappa shape index (κ2) is 4.70. The summed E-state index contributed by atoms with van der Waals surface area (Å²) in [4.78, 5) is 15.3. The van der Waals surface area contributed by atoms with Crippen molar-refractivity contribution in [2.45, 2.75) is 19.3 Å². The largest absolute Gasteiger partial charge is 0.492 e. The van der Waals surface area contributed by atoms with Gasteiger partial charge in [-0.15, -0.1) is 0 Å².